The standard InChI is InChI=1S/C9H11N5S/c1-2-14-8(3-7-5-15-6-11-7)12-13-9(14)4-10-1/h5-6,10H,1-4H2. The lowest BCUT2D eigenvalue weighted by atomic mass is 10.3. The maximum absolute atomic E-state index is 4.26. The van der Waals surface area contributed by atoms with Crippen LogP contribution in [0.4, 0.5) is 0 Å². The molecule has 0 unspecified atom stereocenters. The largest absolute Gasteiger partial charge is 0.312 e. The molecule has 1 N–H and O–H groups in total. The van der Waals surface area contributed by atoms with Gasteiger partial charge < -0.3 is 9.88 Å². The van der Waals surface area contributed by atoms with E-state index in [0.29, 0.717) is 0 Å². The zero-order chi connectivity index (χ0) is 10.1. The topological polar surface area (TPSA) is 55.6 Å². The van der Waals surface area contributed by atoms with Crippen LogP contribution >= 0.6 is 11.3 Å². The average Bonchev–Trinajstić information content (AvgIpc) is 2.89. The van der Waals surface area contributed by atoms with E-state index < -0.39 is 0 Å². The number of nitrogens with one attached hydrogen (secondary N) is 1. The van der Waals surface area contributed by atoms with Gasteiger partial charge in [0.1, 0.15) is 11.6 Å². The summed E-state index contributed by atoms with van der Waals surface area (Å²) in [5.74, 6) is 2.06. The molecular formula is C9H11N5S. The molecule has 0 saturated carbocycles. The molecule has 0 aromatic carbocycles. The Bertz CT molecular complexity index is 447. The van der Waals surface area contributed by atoms with Crippen LogP contribution in [0.5, 0.6) is 0 Å². The monoisotopic (exact) mass is 221 g/mol. The fraction of sp³-hybridized carbons (Fsp3) is 0.444. The van der Waals surface area contributed by atoms with E-state index in [1.807, 2.05) is 5.51 Å². The van der Waals surface area contributed by atoms with Gasteiger partial charge in [0, 0.05) is 18.5 Å². The molecule has 0 bridgehead atoms. The molecule has 2 aromatic rings. The summed E-state index contributed by atoms with van der Waals surface area (Å²) in [5.41, 5.74) is 2.93. The van der Waals surface area contributed by atoms with Crippen LogP contribution in [0.15, 0.2) is 10.9 Å². The fourth-order valence-electron chi connectivity index (χ4n) is 1.77. The Morgan fingerprint density at radius 1 is 1.47 bits per heavy atom. The number of thiazole rings is 1. The first-order valence-electron chi connectivity index (χ1n) is 4.92. The van der Waals surface area contributed by atoms with E-state index in [1.54, 1.807) is 11.3 Å². The Morgan fingerprint density at radius 3 is 3.33 bits per heavy atom. The number of fused-ring (bicyclic) bond motifs is 1. The van der Waals surface area contributed by atoms with Crippen molar-refractivity contribution in [2.24, 2.45) is 0 Å². The van der Waals surface area contributed by atoms with Crippen molar-refractivity contribution < 1.29 is 0 Å². The Hall–Kier alpha value is -1.27. The lowest BCUT2D eigenvalue weighted by Gasteiger charge is -2.15. The summed E-state index contributed by atoms with van der Waals surface area (Å²) in [7, 11) is 0. The van der Waals surface area contributed by atoms with Crippen LogP contribution < -0.4 is 5.32 Å². The van der Waals surface area contributed by atoms with Crippen molar-refractivity contribution in [3.8, 4) is 0 Å². The second-order valence-electron chi connectivity index (χ2n) is 3.52. The zero-order valence-corrected chi connectivity index (χ0v) is 9.00. The normalized spacial score (nSPS) is 15.2. The van der Waals surface area contributed by atoms with E-state index in [-0.39, 0.29) is 0 Å². The van der Waals surface area contributed by atoms with Crippen LogP contribution in [0.1, 0.15) is 17.3 Å². The molecule has 15 heavy (non-hydrogen) atoms. The molecule has 6 heteroatoms. The van der Waals surface area contributed by atoms with E-state index >= 15 is 0 Å². The van der Waals surface area contributed by atoms with Crippen LogP contribution in [-0.4, -0.2) is 26.3 Å². The van der Waals surface area contributed by atoms with Crippen molar-refractivity contribution in [2.45, 2.75) is 19.5 Å². The van der Waals surface area contributed by atoms with Gasteiger partial charge in [-0.3, -0.25) is 0 Å². The smallest absolute Gasteiger partial charge is 0.147 e. The lowest BCUT2D eigenvalue weighted by Crippen LogP contribution is -2.29. The third kappa shape index (κ3) is 1.66. The molecule has 0 radical (unpaired) electrons. The van der Waals surface area contributed by atoms with Gasteiger partial charge in [-0.1, -0.05) is 0 Å². The van der Waals surface area contributed by atoms with E-state index in [0.717, 1.165) is 43.4 Å². The van der Waals surface area contributed by atoms with Crippen molar-refractivity contribution in [1.29, 1.82) is 0 Å². The summed E-state index contributed by atoms with van der Waals surface area (Å²) in [6.07, 6.45) is 0.788. The van der Waals surface area contributed by atoms with Crippen molar-refractivity contribution in [3.63, 3.8) is 0 Å². The SMILES string of the molecule is c1nc(Cc2nnc3n2CCNC3)cs1. The molecule has 1 aliphatic rings. The van der Waals surface area contributed by atoms with Crippen molar-refractivity contribution in [3.05, 3.63) is 28.2 Å². The highest BCUT2D eigenvalue weighted by atomic mass is 32.1. The zero-order valence-electron chi connectivity index (χ0n) is 8.18. The van der Waals surface area contributed by atoms with Crippen LogP contribution in [0.25, 0.3) is 0 Å². The quantitative estimate of drug-likeness (QED) is 0.799. The second kappa shape index (κ2) is 3.71. The first-order valence-corrected chi connectivity index (χ1v) is 5.86. The van der Waals surface area contributed by atoms with Crippen LogP contribution in [0, 0.1) is 0 Å². The molecule has 3 rings (SSSR count). The fourth-order valence-corrected chi connectivity index (χ4v) is 2.33. The summed E-state index contributed by atoms with van der Waals surface area (Å²) in [4.78, 5) is 4.26. The maximum atomic E-state index is 4.26. The molecule has 3 heterocycles. The minimum atomic E-state index is 0.788. The van der Waals surface area contributed by atoms with E-state index in [4.69, 9.17) is 0 Å². The number of hydrogen-bond acceptors (Lipinski definition) is 5. The van der Waals surface area contributed by atoms with Gasteiger partial charge in [-0.2, -0.15) is 0 Å². The molecular weight excluding hydrogens is 210 g/mol. The molecule has 0 saturated heterocycles. The van der Waals surface area contributed by atoms with Gasteiger partial charge in [0.15, 0.2) is 0 Å². The van der Waals surface area contributed by atoms with E-state index in [9.17, 15) is 0 Å². The second-order valence-corrected chi connectivity index (χ2v) is 4.24. The van der Waals surface area contributed by atoms with Gasteiger partial charge in [0.2, 0.25) is 0 Å². The third-order valence-electron chi connectivity index (χ3n) is 2.52. The molecule has 0 fully saturated rings. The molecule has 0 spiro atoms. The third-order valence-corrected chi connectivity index (χ3v) is 3.16. The number of hydrogen-bond donors (Lipinski definition) is 1. The summed E-state index contributed by atoms with van der Waals surface area (Å²) >= 11 is 1.62. The minimum absolute atomic E-state index is 0.788. The Kier molecular flexibility index (Phi) is 2.22. The summed E-state index contributed by atoms with van der Waals surface area (Å²) in [5, 5.41) is 13.7. The van der Waals surface area contributed by atoms with Crippen LogP contribution in [0.2, 0.25) is 0 Å². The Balaban J connectivity index is 1.89. The molecule has 1 aliphatic heterocycles. The average molecular weight is 221 g/mol. The minimum Gasteiger partial charge on any atom is -0.312 e. The van der Waals surface area contributed by atoms with E-state index in [2.05, 4.69) is 30.4 Å². The Morgan fingerprint density at radius 2 is 2.47 bits per heavy atom. The first kappa shape index (κ1) is 8.99. The number of aromatic nitrogens is 4. The lowest BCUT2D eigenvalue weighted by molar-refractivity contribution is 0.495. The molecule has 78 valence electrons. The highest BCUT2D eigenvalue weighted by Gasteiger charge is 2.15. The summed E-state index contributed by atoms with van der Waals surface area (Å²) in [6, 6.07) is 0. The van der Waals surface area contributed by atoms with Crippen molar-refractivity contribution in [2.75, 3.05) is 6.54 Å². The van der Waals surface area contributed by atoms with Gasteiger partial charge in [0.25, 0.3) is 0 Å². The first-order chi connectivity index (χ1) is 7.43. The number of nitrogens with zero attached hydrogens (tertiary/aromatic N) is 4. The highest BCUT2D eigenvalue weighted by molar-refractivity contribution is 7.07. The predicted molar refractivity (Wildman–Crippen MR) is 56.6 cm³/mol. The van der Waals surface area contributed by atoms with Gasteiger partial charge in [0.05, 0.1) is 24.2 Å². The summed E-state index contributed by atoms with van der Waals surface area (Å²) < 4.78 is 2.19. The maximum Gasteiger partial charge on any atom is 0.147 e. The molecule has 2 aromatic heterocycles. The molecule has 0 amide bonds. The van der Waals surface area contributed by atoms with Crippen molar-refractivity contribution >= 4 is 11.3 Å². The van der Waals surface area contributed by atoms with Gasteiger partial charge in [-0.05, 0) is 0 Å². The Labute approximate surface area is 91.2 Å². The number of rotatable bonds is 2. The molecule has 5 nitrogen and oxygen atoms in total. The summed E-state index contributed by atoms with van der Waals surface area (Å²) in [6.45, 7) is 2.78. The molecule has 0 aliphatic carbocycles. The van der Waals surface area contributed by atoms with Crippen molar-refractivity contribution in [1.82, 2.24) is 25.1 Å². The van der Waals surface area contributed by atoms with Crippen LogP contribution in [-0.2, 0) is 19.5 Å². The molecule has 0 atom stereocenters. The predicted octanol–water partition coefficient (Wildman–Crippen LogP) is 0.429. The van der Waals surface area contributed by atoms with Gasteiger partial charge in [-0.25, -0.2) is 4.98 Å². The van der Waals surface area contributed by atoms with Gasteiger partial charge in [-0.15, -0.1) is 21.5 Å². The van der Waals surface area contributed by atoms with E-state index in [1.165, 1.54) is 0 Å². The van der Waals surface area contributed by atoms with Crippen LogP contribution in [0.3, 0.4) is 0 Å². The van der Waals surface area contributed by atoms with Gasteiger partial charge >= 0.3 is 0 Å². The highest BCUT2D eigenvalue weighted by Crippen LogP contribution is 2.11.